The largest absolute Gasteiger partial charge is 0.394 e. The van der Waals surface area contributed by atoms with Crippen molar-refractivity contribution in [3.63, 3.8) is 0 Å². The molecule has 1 fully saturated rings. The molecule has 8 nitrogen and oxygen atoms in total. The van der Waals surface area contributed by atoms with E-state index in [9.17, 15) is 9.90 Å². The maximum Gasteiger partial charge on any atom is 0.293 e. The lowest BCUT2D eigenvalue weighted by Crippen LogP contribution is -2.24. The van der Waals surface area contributed by atoms with E-state index in [-0.39, 0.29) is 17.8 Å². The summed E-state index contributed by atoms with van der Waals surface area (Å²) in [6, 6.07) is 0. The van der Waals surface area contributed by atoms with E-state index in [1.807, 2.05) is 0 Å². The molecule has 0 bridgehead atoms. The third-order valence-corrected chi connectivity index (χ3v) is 3.06. The molecule has 18 heavy (non-hydrogen) atoms. The van der Waals surface area contributed by atoms with Gasteiger partial charge in [-0.25, -0.2) is 0 Å². The molecule has 3 atom stereocenters. The summed E-state index contributed by atoms with van der Waals surface area (Å²) in [5.41, 5.74) is -0.161. The molecule has 1 aliphatic heterocycles. The second-order valence-corrected chi connectivity index (χ2v) is 4.19. The normalized spacial score (nSPS) is 28.0. The first-order chi connectivity index (χ1) is 8.70. The Kier molecular flexibility index (Phi) is 2.62. The molecule has 0 amide bonds. The molecule has 1 saturated heterocycles. The number of rotatable bonds is 2. The van der Waals surface area contributed by atoms with Gasteiger partial charge < -0.3 is 19.9 Å². The Morgan fingerprint density at radius 1 is 1.56 bits per heavy atom. The standard InChI is InChI=1S/C10H12N4O4/c15-4-7-5(16)3-6(18-7)8-12-13-9-10(17)11-1-2-14(8)9/h1-2,5-7,15-16H,3-4H2,(H,11,17)/t5?,6-,7-/m1/s1. The fourth-order valence-electron chi connectivity index (χ4n) is 2.14. The molecule has 2 aromatic rings. The number of aromatic nitrogens is 4. The van der Waals surface area contributed by atoms with Crippen LogP contribution in [0.3, 0.4) is 0 Å². The van der Waals surface area contributed by atoms with E-state index in [1.165, 1.54) is 10.6 Å². The Hall–Kier alpha value is -1.77. The maximum atomic E-state index is 11.5. The van der Waals surface area contributed by atoms with Crippen LogP contribution in [0.15, 0.2) is 17.2 Å². The Morgan fingerprint density at radius 3 is 3.11 bits per heavy atom. The molecule has 3 heterocycles. The van der Waals surface area contributed by atoms with Crippen LogP contribution in [0, 0.1) is 0 Å². The van der Waals surface area contributed by atoms with Gasteiger partial charge in [0.25, 0.3) is 5.56 Å². The highest BCUT2D eigenvalue weighted by atomic mass is 16.5. The smallest absolute Gasteiger partial charge is 0.293 e. The molecule has 0 aromatic carbocycles. The van der Waals surface area contributed by atoms with E-state index in [4.69, 9.17) is 9.84 Å². The van der Waals surface area contributed by atoms with Crippen molar-refractivity contribution in [2.45, 2.75) is 24.7 Å². The number of H-pyrrole nitrogens is 1. The summed E-state index contributed by atoms with van der Waals surface area (Å²) < 4.78 is 7.00. The van der Waals surface area contributed by atoms with Crippen LogP contribution in [-0.2, 0) is 4.74 Å². The summed E-state index contributed by atoms with van der Waals surface area (Å²) in [6.45, 7) is -0.255. The molecule has 2 aromatic heterocycles. The monoisotopic (exact) mass is 252 g/mol. The summed E-state index contributed by atoms with van der Waals surface area (Å²) >= 11 is 0. The van der Waals surface area contributed by atoms with Gasteiger partial charge in [-0.3, -0.25) is 9.20 Å². The minimum atomic E-state index is -0.741. The lowest BCUT2D eigenvalue weighted by molar-refractivity contribution is -0.0249. The highest BCUT2D eigenvalue weighted by Crippen LogP contribution is 2.31. The number of aliphatic hydroxyl groups excluding tert-OH is 2. The predicted molar refractivity (Wildman–Crippen MR) is 58.9 cm³/mol. The minimum absolute atomic E-state index is 0.179. The van der Waals surface area contributed by atoms with Crippen LogP contribution in [0.4, 0.5) is 0 Å². The number of ether oxygens (including phenoxy) is 1. The molecule has 3 rings (SSSR count). The van der Waals surface area contributed by atoms with Crippen LogP contribution in [0.5, 0.6) is 0 Å². The molecule has 0 radical (unpaired) electrons. The fourth-order valence-corrected chi connectivity index (χ4v) is 2.14. The van der Waals surface area contributed by atoms with Gasteiger partial charge in [0.05, 0.1) is 12.7 Å². The van der Waals surface area contributed by atoms with Gasteiger partial charge in [-0.05, 0) is 0 Å². The number of aromatic amines is 1. The van der Waals surface area contributed by atoms with E-state index in [2.05, 4.69) is 15.2 Å². The molecular weight excluding hydrogens is 240 g/mol. The van der Waals surface area contributed by atoms with Gasteiger partial charge in [0.1, 0.15) is 12.2 Å². The number of hydrogen-bond acceptors (Lipinski definition) is 6. The summed E-state index contributed by atoms with van der Waals surface area (Å²) in [5.74, 6) is 0.450. The second kappa shape index (κ2) is 4.16. The first-order valence-corrected chi connectivity index (χ1v) is 5.57. The first-order valence-electron chi connectivity index (χ1n) is 5.57. The van der Waals surface area contributed by atoms with Gasteiger partial charge in [-0.2, -0.15) is 0 Å². The van der Waals surface area contributed by atoms with Crippen molar-refractivity contribution in [1.82, 2.24) is 19.6 Å². The van der Waals surface area contributed by atoms with Crippen LogP contribution < -0.4 is 5.56 Å². The van der Waals surface area contributed by atoms with Crippen molar-refractivity contribution >= 4 is 5.65 Å². The van der Waals surface area contributed by atoms with Crippen LogP contribution in [0.25, 0.3) is 5.65 Å². The fraction of sp³-hybridized carbons (Fsp3) is 0.500. The average Bonchev–Trinajstić information content (AvgIpc) is 2.93. The van der Waals surface area contributed by atoms with Crippen molar-refractivity contribution in [2.24, 2.45) is 0 Å². The lowest BCUT2D eigenvalue weighted by Gasteiger charge is -2.10. The van der Waals surface area contributed by atoms with E-state index in [1.54, 1.807) is 6.20 Å². The number of hydrogen-bond donors (Lipinski definition) is 3. The third kappa shape index (κ3) is 1.62. The van der Waals surface area contributed by atoms with Gasteiger partial charge in [0.2, 0.25) is 5.65 Å². The van der Waals surface area contributed by atoms with Crippen LogP contribution >= 0.6 is 0 Å². The molecule has 1 unspecified atom stereocenters. The Labute approximate surface area is 101 Å². The molecule has 0 spiro atoms. The van der Waals surface area contributed by atoms with Crippen LogP contribution in [0.2, 0.25) is 0 Å². The Balaban J connectivity index is 2.01. The van der Waals surface area contributed by atoms with Crippen LogP contribution in [0.1, 0.15) is 18.3 Å². The maximum absolute atomic E-state index is 11.5. The summed E-state index contributed by atoms with van der Waals surface area (Å²) in [7, 11) is 0. The predicted octanol–water partition coefficient (Wildman–Crippen LogP) is -1.40. The van der Waals surface area contributed by atoms with E-state index < -0.39 is 18.3 Å². The molecule has 3 N–H and O–H groups in total. The van der Waals surface area contributed by atoms with E-state index >= 15 is 0 Å². The van der Waals surface area contributed by atoms with Crippen molar-refractivity contribution in [2.75, 3.05) is 6.61 Å². The van der Waals surface area contributed by atoms with Gasteiger partial charge in [0.15, 0.2) is 5.82 Å². The van der Waals surface area contributed by atoms with Crippen molar-refractivity contribution in [3.8, 4) is 0 Å². The number of aliphatic hydroxyl groups is 2. The third-order valence-electron chi connectivity index (χ3n) is 3.06. The van der Waals surface area contributed by atoms with Gasteiger partial charge >= 0.3 is 0 Å². The van der Waals surface area contributed by atoms with Gasteiger partial charge in [-0.15, -0.1) is 10.2 Å². The topological polar surface area (TPSA) is 113 Å². The zero-order chi connectivity index (χ0) is 12.7. The zero-order valence-corrected chi connectivity index (χ0v) is 9.35. The molecule has 0 saturated carbocycles. The SMILES string of the molecule is O=c1[nH]ccn2c([C@H]3CC(O)[C@@H](CO)O3)nnc12. The highest BCUT2D eigenvalue weighted by molar-refractivity contribution is 5.34. The molecular formula is C10H12N4O4. The lowest BCUT2D eigenvalue weighted by atomic mass is 10.1. The van der Waals surface area contributed by atoms with Gasteiger partial charge in [-0.1, -0.05) is 0 Å². The molecule has 1 aliphatic rings. The molecule has 0 aliphatic carbocycles. The number of nitrogens with one attached hydrogen (secondary N) is 1. The Bertz CT molecular complexity index is 622. The van der Waals surface area contributed by atoms with Gasteiger partial charge in [0, 0.05) is 18.8 Å². The minimum Gasteiger partial charge on any atom is -0.394 e. The number of nitrogens with zero attached hydrogens (tertiary/aromatic N) is 3. The quantitative estimate of drug-likeness (QED) is 0.606. The second-order valence-electron chi connectivity index (χ2n) is 4.19. The zero-order valence-electron chi connectivity index (χ0n) is 9.35. The summed E-state index contributed by atoms with van der Waals surface area (Å²) in [5, 5.41) is 26.4. The van der Waals surface area contributed by atoms with E-state index in [0.717, 1.165) is 0 Å². The Morgan fingerprint density at radius 2 is 2.39 bits per heavy atom. The molecule has 8 heteroatoms. The van der Waals surface area contributed by atoms with Crippen molar-refractivity contribution in [3.05, 3.63) is 28.6 Å². The first kappa shape index (κ1) is 11.3. The number of fused-ring (bicyclic) bond motifs is 1. The summed E-state index contributed by atoms with van der Waals surface area (Å²) in [6.07, 6.45) is 1.58. The molecule has 96 valence electrons. The van der Waals surface area contributed by atoms with Crippen molar-refractivity contribution < 1.29 is 14.9 Å². The van der Waals surface area contributed by atoms with E-state index in [0.29, 0.717) is 12.2 Å². The van der Waals surface area contributed by atoms with Crippen LogP contribution in [-0.4, -0.2) is 48.6 Å². The highest BCUT2D eigenvalue weighted by Gasteiger charge is 2.36. The van der Waals surface area contributed by atoms with Crippen molar-refractivity contribution in [1.29, 1.82) is 0 Å². The summed E-state index contributed by atoms with van der Waals surface area (Å²) in [4.78, 5) is 14.0. The average molecular weight is 252 g/mol.